The van der Waals surface area contributed by atoms with E-state index in [0.717, 1.165) is 24.0 Å². The van der Waals surface area contributed by atoms with E-state index in [1.807, 2.05) is 6.07 Å². The quantitative estimate of drug-likeness (QED) is 0.163. The predicted molar refractivity (Wildman–Crippen MR) is 255 cm³/mol. The lowest BCUT2D eigenvalue weighted by Crippen LogP contribution is -2.15. The average Bonchev–Trinajstić information content (AvgIpc) is 3.77. The first kappa shape index (κ1) is 33.7. The molecule has 10 aromatic carbocycles. The van der Waals surface area contributed by atoms with Crippen LogP contribution in [-0.2, 0) is 11.8 Å². The Balaban J connectivity index is 0.899. The number of hydrogen-bond donors (Lipinski definition) is 0. The fraction of sp³-hybridized carbons (Fsp3) is 0.0847. The summed E-state index contributed by atoms with van der Waals surface area (Å²) in [6.45, 7) is 4.77. The van der Waals surface area contributed by atoms with E-state index in [1.165, 1.54) is 121 Å². The Kier molecular flexibility index (Phi) is 6.97. The van der Waals surface area contributed by atoms with Crippen molar-refractivity contribution in [2.45, 2.75) is 32.1 Å². The van der Waals surface area contributed by atoms with Crippen molar-refractivity contribution in [2.24, 2.45) is 0 Å². The largest absolute Gasteiger partial charge is 0.456 e. The summed E-state index contributed by atoms with van der Waals surface area (Å²) in [5, 5.41) is 12.7. The molecule has 0 radical (unpaired) electrons. The Hall–Kier alpha value is -7.22. The number of fused-ring (bicyclic) bond motifs is 12. The first-order chi connectivity index (χ1) is 29.5. The molecule has 0 aliphatic heterocycles. The summed E-state index contributed by atoms with van der Waals surface area (Å²) in [4.78, 5) is 0. The van der Waals surface area contributed by atoms with Crippen LogP contribution in [0.4, 0.5) is 0 Å². The molecule has 0 spiro atoms. The summed E-state index contributed by atoms with van der Waals surface area (Å²) >= 11 is 0. The molecule has 0 amide bonds. The molecular weight excluding hydrogens is 725 g/mol. The van der Waals surface area contributed by atoms with Crippen LogP contribution < -0.4 is 0 Å². The molecular formula is C59H40O. The van der Waals surface area contributed by atoms with Gasteiger partial charge in [0.25, 0.3) is 0 Å². The molecule has 0 fully saturated rings. The molecule has 2 aliphatic rings. The maximum absolute atomic E-state index is 6.38. The van der Waals surface area contributed by atoms with Gasteiger partial charge in [0, 0.05) is 16.2 Å². The lowest BCUT2D eigenvalue weighted by molar-refractivity contribution is 0.661. The smallest absolute Gasteiger partial charge is 0.136 e. The summed E-state index contributed by atoms with van der Waals surface area (Å²) in [6, 6.07) is 65.6. The summed E-state index contributed by atoms with van der Waals surface area (Å²) in [7, 11) is 0. The molecule has 0 saturated heterocycles. The molecule has 0 atom stereocenters. The van der Waals surface area contributed by atoms with E-state index in [2.05, 4.69) is 190 Å². The summed E-state index contributed by atoms with van der Waals surface area (Å²) < 4.78 is 6.38. The second-order valence-corrected chi connectivity index (χ2v) is 17.5. The molecule has 0 bridgehead atoms. The van der Waals surface area contributed by atoms with Gasteiger partial charge in [0.15, 0.2) is 0 Å². The number of para-hydroxylation sites is 1. The number of rotatable bonds is 3. The highest BCUT2D eigenvalue weighted by Crippen LogP contribution is 2.53. The fourth-order valence-corrected chi connectivity index (χ4v) is 11.0. The summed E-state index contributed by atoms with van der Waals surface area (Å²) in [5.41, 5.74) is 17.9. The minimum atomic E-state index is -0.126. The second kappa shape index (κ2) is 12.4. The van der Waals surface area contributed by atoms with Crippen LogP contribution in [0.2, 0.25) is 0 Å². The van der Waals surface area contributed by atoms with Gasteiger partial charge in [-0.15, -0.1) is 0 Å². The molecule has 1 heteroatoms. The monoisotopic (exact) mass is 764 g/mol. The first-order valence-corrected chi connectivity index (χ1v) is 21.3. The van der Waals surface area contributed by atoms with Gasteiger partial charge in [0.1, 0.15) is 11.2 Å². The Bertz CT molecular complexity index is 3630. The van der Waals surface area contributed by atoms with Gasteiger partial charge in [0.05, 0.1) is 0 Å². The molecule has 0 N–H and O–H groups in total. The van der Waals surface area contributed by atoms with Gasteiger partial charge in [-0.25, -0.2) is 0 Å². The molecule has 60 heavy (non-hydrogen) atoms. The SMILES string of the molecule is CC1(C)c2cc(-c3ccc4c(c3)CCC(c3c5ccccc5c(-c5ccc6ccccc6c5)c5ccccc35)=C4)ccc2-c2c1ccc1cc3c(cc21)oc1ccccc13. The Labute approximate surface area is 348 Å². The third-order valence-electron chi connectivity index (χ3n) is 13.9. The Morgan fingerprint density at radius 1 is 0.400 bits per heavy atom. The predicted octanol–water partition coefficient (Wildman–Crippen LogP) is 16.3. The number of furan rings is 1. The van der Waals surface area contributed by atoms with Gasteiger partial charge in [-0.2, -0.15) is 0 Å². The lowest BCUT2D eigenvalue weighted by atomic mass is 9.80. The van der Waals surface area contributed by atoms with Crippen molar-refractivity contribution in [2.75, 3.05) is 0 Å². The molecule has 1 heterocycles. The molecule has 11 aromatic rings. The molecule has 1 aromatic heterocycles. The molecule has 282 valence electrons. The topological polar surface area (TPSA) is 13.1 Å². The van der Waals surface area contributed by atoms with Gasteiger partial charge in [-0.1, -0.05) is 166 Å². The van der Waals surface area contributed by atoms with Crippen molar-refractivity contribution in [3.05, 3.63) is 204 Å². The normalized spacial score (nSPS) is 14.3. The van der Waals surface area contributed by atoms with Crippen LogP contribution in [0.15, 0.2) is 180 Å². The van der Waals surface area contributed by atoms with Crippen LogP contribution in [0.1, 0.15) is 48.1 Å². The Morgan fingerprint density at radius 2 is 1.05 bits per heavy atom. The summed E-state index contributed by atoms with van der Waals surface area (Å²) in [5.74, 6) is 0. The number of benzene rings is 10. The summed E-state index contributed by atoms with van der Waals surface area (Å²) in [6.07, 6.45) is 4.48. The maximum Gasteiger partial charge on any atom is 0.136 e. The molecule has 2 aliphatic carbocycles. The van der Waals surface area contributed by atoms with Gasteiger partial charge >= 0.3 is 0 Å². The zero-order chi connectivity index (χ0) is 39.7. The molecule has 0 unspecified atom stereocenters. The minimum absolute atomic E-state index is 0.126. The third kappa shape index (κ3) is 4.81. The van der Waals surface area contributed by atoms with Crippen molar-refractivity contribution in [1.82, 2.24) is 0 Å². The van der Waals surface area contributed by atoms with Gasteiger partial charge in [-0.05, 0) is 153 Å². The third-order valence-corrected chi connectivity index (χ3v) is 13.9. The lowest BCUT2D eigenvalue weighted by Gasteiger charge is -2.23. The van der Waals surface area contributed by atoms with Crippen LogP contribution in [0.25, 0.3) is 110 Å². The van der Waals surface area contributed by atoms with Gasteiger partial charge in [-0.3, -0.25) is 0 Å². The van der Waals surface area contributed by atoms with Gasteiger partial charge < -0.3 is 4.42 Å². The Morgan fingerprint density at radius 3 is 1.85 bits per heavy atom. The second-order valence-electron chi connectivity index (χ2n) is 17.5. The van der Waals surface area contributed by atoms with E-state index in [-0.39, 0.29) is 5.41 Å². The van der Waals surface area contributed by atoms with E-state index in [9.17, 15) is 0 Å². The van der Waals surface area contributed by atoms with Crippen LogP contribution in [-0.4, -0.2) is 0 Å². The van der Waals surface area contributed by atoms with E-state index >= 15 is 0 Å². The van der Waals surface area contributed by atoms with E-state index in [4.69, 9.17) is 4.42 Å². The molecule has 1 nitrogen and oxygen atoms in total. The zero-order valence-electron chi connectivity index (χ0n) is 33.6. The van der Waals surface area contributed by atoms with Crippen molar-refractivity contribution in [1.29, 1.82) is 0 Å². The highest BCUT2D eigenvalue weighted by atomic mass is 16.3. The number of aryl methyl sites for hydroxylation is 1. The highest BCUT2D eigenvalue weighted by Gasteiger charge is 2.37. The fourth-order valence-electron chi connectivity index (χ4n) is 11.0. The van der Waals surface area contributed by atoms with Crippen molar-refractivity contribution in [3.8, 4) is 33.4 Å². The van der Waals surface area contributed by atoms with E-state index in [0.29, 0.717) is 0 Å². The van der Waals surface area contributed by atoms with Gasteiger partial charge in [0.2, 0.25) is 0 Å². The van der Waals surface area contributed by atoms with Crippen LogP contribution >= 0.6 is 0 Å². The number of hydrogen-bond acceptors (Lipinski definition) is 1. The van der Waals surface area contributed by atoms with Crippen molar-refractivity contribution < 1.29 is 4.42 Å². The van der Waals surface area contributed by atoms with E-state index in [1.54, 1.807) is 0 Å². The van der Waals surface area contributed by atoms with Crippen LogP contribution in [0.5, 0.6) is 0 Å². The molecule has 0 saturated carbocycles. The number of allylic oxidation sites excluding steroid dienone is 1. The minimum Gasteiger partial charge on any atom is -0.456 e. The first-order valence-electron chi connectivity index (χ1n) is 21.3. The molecule has 13 rings (SSSR count). The average molecular weight is 765 g/mol. The highest BCUT2D eigenvalue weighted by molar-refractivity contribution is 6.20. The van der Waals surface area contributed by atoms with Crippen LogP contribution in [0.3, 0.4) is 0 Å². The van der Waals surface area contributed by atoms with Crippen molar-refractivity contribution in [3.63, 3.8) is 0 Å². The van der Waals surface area contributed by atoms with Crippen LogP contribution in [0, 0.1) is 0 Å². The zero-order valence-corrected chi connectivity index (χ0v) is 33.6. The van der Waals surface area contributed by atoms with Crippen molar-refractivity contribution >= 4 is 76.7 Å². The van der Waals surface area contributed by atoms with E-state index < -0.39 is 0 Å². The maximum atomic E-state index is 6.38. The standard InChI is InChI=1S/C59H40O/c1-59(2)52-28-26-41-32-51-44-13-9-10-18-54(44)60-55(51)34-50(41)58(52)49-27-25-40(33-53(49)59)38-20-21-39-31-43(24-22-37(39)29-38)57-47-16-7-5-14-45(47)56(46-15-6-8-17-48(46)57)42-23-19-35-11-3-4-12-36(35)30-42/h3-21,23,25-34H,22,24H2,1-2H3.